The van der Waals surface area contributed by atoms with Crippen molar-refractivity contribution in [3.8, 4) is 0 Å². The van der Waals surface area contributed by atoms with Gasteiger partial charge < -0.3 is 4.74 Å². The molecule has 23 heavy (non-hydrogen) atoms. The van der Waals surface area contributed by atoms with Gasteiger partial charge in [-0.3, -0.25) is 10.2 Å². The Hall–Kier alpha value is -1.44. The highest BCUT2D eigenvalue weighted by Gasteiger charge is 2.21. The van der Waals surface area contributed by atoms with Crippen LogP contribution in [0, 0.1) is 0 Å². The molecule has 1 aliphatic heterocycles. The molecule has 0 unspecified atom stereocenters. The number of carbonyl (C=O) groups is 1. The van der Waals surface area contributed by atoms with Gasteiger partial charge in [-0.2, -0.15) is 0 Å². The van der Waals surface area contributed by atoms with E-state index in [1.807, 2.05) is 0 Å². The number of carbonyl (C=O) groups excluding carboxylic acids is 1. The highest BCUT2D eigenvalue weighted by Crippen LogP contribution is 2.29. The monoisotopic (exact) mass is 395 g/mol. The number of amides is 1. The summed E-state index contributed by atoms with van der Waals surface area (Å²) in [5.41, 5.74) is 2.39. The molecule has 3 rings (SSSR count). The number of thiazole rings is 1. The van der Waals surface area contributed by atoms with Crippen LogP contribution in [0.25, 0.3) is 0 Å². The van der Waals surface area contributed by atoms with Gasteiger partial charge in [-0.1, -0.05) is 39.4 Å². The highest BCUT2D eigenvalue weighted by atomic mass is 79.9. The van der Waals surface area contributed by atoms with Crippen LogP contribution in [0.1, 0.15) is 23.1 Å². The Morgan fingerprint density at radius 3 is 2.96 bits per heavy atom. The van der Waals surface area contributed by atoms with Gasteiger partial charge in [0.1, 0.15) is 0 Å². The first-order chi connectivity index (χ1) is 11.1. The number of hydrogen-bond donors (Lipinski definition) is 1. The lowest BCUT2D eigenvalue weighted by Crippen LogP contribution is -2.29. The third-order valence-electron chi connectivity index (χ3n) is 3.61. The Labute approximate surface area is 147 Å². The summed E-state index contributed by atoms with van der Waals surface area (Å²) in [5, 5.41) is 3.32. The highest BCUT2D eigenvalue weighted by molar-refractivity contribution is 9.10. The molecule has 7 heteroatoms. The summed E-state index contributed by atoms with van der Waals surface area (Å²) in [7, 11) is 0. The molecule has 0 aliphatic carbocycles. The van der Waals surface area contributed by atoms with Crippen molar-refractivity contribution in [2.24, 2.45) is 0 Å². The molecule has 0 radical (unpaired) electrons. The molecule has 2 aromatic rings. The van der Waals surface area contributed by atoms with Crippen LogP contribution in [0.15, 0.2) is 28.7 Å². The Kier molecular flexibility index (Phi) is 5.30. The van der Waals surface area contributed by atoms with E-state index < -0.39 is 6.09 Å². The molecule has 1 aliphatic rings. The molecule has 1 aromatic heterocycles. The third kappa shape index (κ3) is 4.31. The number of nitrogens with one attached hydrogen (secondary N) is 1. The molecular weight excluding hydrogens is 378 g/mol. The minimum absolute atomic E-state index is 0.359. The zero-order valence-electron chi connectivity index (χ0n) is 12.8. The van der Waals surface area contributed by atoms with Crippen LogP contribution in [0.4, 0.5) is 9.93 Å². The number of halogens is 1. The predicted octanol–water partition coefficient (Wildman–Crippen LogP) is 4.03. The molecule has 2 heterocycles. The van der Waals surface area contributed by atoms with Gasteiger partial charge in [0.15, 0.2) is 5.13 Å². The Balaban J connectivity index is 1.62. The molecule has 0 saturated carbocycles. The number of ether oxygens (including phenoxy) is 1. The van der Waals surface area contributed by atoms with E-state index in [9.17, 15) is 4.79 Å². The molecule has 1 amide bonds. The van der Waals surface area contributed by atoms with Crippen molar-refractivity contribution in [1.82, 2.24) is 9.88 Å². The number of fused-ring (bicyclic) bond motifs is 1. The fourth-order valence-corrected chi connectivity index (χ4v) is 3.84. The van der Waals surface area contributed by atoms with Crippen molar-refractivity contribution >= 4 is 38.5 Å². The minimum Gasteiger partial charge on any atom is -0.450 e. The van der Waals surface area contributed by atoms with Crippen molar-refractivity contribution in [2.75, 3.05) is 18.5 Å². The number of aromatic nitrogens is 1. The fourth-order valence-electron chi connectivity index (χ4n) is 2.54. The molecule has 0 fully saturated rings. The van der Waals surface area contributed by atoms with Crippen molar-refractivity contribution in [3.05, 3.63) is 44.9 Å². The van der Waals surface area contributed by atoms with E-state index in [1.165, 1.54) is 21.8 Å². The van der Waals surface area contributed by atoms with Gasteiger partial charge in [0.25, 0.3) is 0 Å². The number of anilines is 1. The fraction of sp³-hybridized carbons (Fsp3) is 0.375. The van der Waals surface area contributed by atoms with Crippen LogP contribution in [0.3, 0.4) is 0 Å². The molecular formula is C16H18BrN3O2S. The van der Waals surface area contributed by atoms with E-state index in [0.717, 1.165) is 36.2 Å². The molecule has 0 bridgehead atoms. The van der Waals surface area contributed by atoms with Crippen LogP contribution in [-0.2, 0) is 24.2 Å². The summed E-state index contributed by atoms with van der Waals surface area (Å²) in [4.78, 5) is 19.6. The van der Waals surface area contributed by atoms with Gasteiger partial charge >= 0.3 is 6.09 Å². The summed E-state index contributed by atoms with van der Waals surface area (Å²) < 4.78 is 5.99. The molecule has 122 valence electrons. The van der Waals surface area contributed by atoms with E-state index in [0.29, 0.717) is 11.7 Å². The van der Waals surface area contributed by atoms with Gasteiger partial charge in [-0.15, -0.1) is 0 Å². The van der Waals surface area contributed by atoms with Crippen molar-refractivity contribution < 1.29 is 9.53 Å². The average molecular weight is 396 g/mol. The number of rotatable bonds is 4. The maximum Gasteiger partial charge on any atom is 0.413 e. The Bertz CT molecular complexity index is 687. The zero-order chi connectivity index (χ0) is 16.2. The maximum atomic E-state index is 11.5. The van der Waals surface area contributed by atoms with Crippen LogP contribution in [-0.4, -0.2) is 29.1 Å². The van der Waals surface area contributed by atoms with Crippen molar-refractivity contribution in [2.45, 2.75) is 26.4 Å². The quantitative estimate of drug-likeness (QED) is 0.848. The Morgan fingerprint density at radius 1 is 1.43 bits per heavy atom. The van der Waals surface area contributed by atoms with Crippen molar-refractivity contribution in [1.29, 1.82) is 0 Å². The smallest absolute Gasteiger partial charge is 0.413 e. The van der Waals surface area contributed by atoms with E-state index in [4.69, 9.17) is 4.74 Å². The van der Waals surface area contributed by atoms with Gasteiger partial charge in [-0.25, -0.2) is 9.78 Å². The Morgan fingerprint density at radius 2 is 2.22 bits per heavy atom. The maximum absolute atomic E-state index is 11.5. The SMILES string of the molecule is CCOC(=O)Nc1nc2c(s1)CN(Cc1ccc(Br)cc1)CC2. The second-order valence-electron chi connectivity index (χ2n) is 5.32. The van der Waals surface area contributed by atoms with Crippen LogP contribution in [0.5, 0.6) is 0 Å². The van der Waals surface area contributed by atoms with Crippen LogP contribution in [0.2, 0.25) is 0 Å². The summed E-state index contributed by atoms with van der Waals surface area (Å²) in [6.07, 6.45) is 0.470. The van der Waals surface area contributed by atoms with E-state index in [2.05, 4.69) is 55.4 Å². The van der Waals surface area contributed by atoms with Crippen LogP contribution >= 0.6 is 27.3 Å². The largest absolute Gasteiger partial charge is 0.450 e. The molecule has 0 atom stereocenters. The summed E-state index contributed by atoms with van der Waals surface area (Å²) in [6, 6.07) is 8.41. The standard InChI is InChI=1S/C16H18BrN3O2S/c1-2-22-16(21)19-15-18-13-7-8-20(10-14(13)23-15)9-11-3-5-12(17)6-4-11/h3-6H,2,7-10H2,1H3,(H,18,19,21). The van der Waals surface area contributed by atoms with Gasteiger partial charge in [0, 0.05) is 35.4 Å². The predicted molar refractivity (Wildman–Crippen MR) is 94.7 cm³/mol. The van der Waals surface area contributed by atoms with Gasteiger partial charge in [-0.05, 0) is 24.6 Å². The van der Waals surface area contributed by atoms with E-state index in [-0.39, 0.29) is 0 Å². The molecule has 5 nitrogen and oxygen atoms in total. The number of benzene rings is 1. The van der Waals surface area contributed by atoms with E-state index >= 15 is 0 Å². The van der Waals surface area contributed by atoms with Crippen molar-refractivity contribution in [3.63, 3.8) is 0 Å². The molecule has 0 spiro atoms. The van der Waals surface area contributed by atoms with Gasteiger partial charge in [0.05, 0.1) is 12.3 Å². The number of hydrogen-bond acceptors (Lipinski definition) is 5. The second-order valence-corrected chi connectivity index (χ2v) is 7.32. The van der Waals surface area contributed by atoms with Crippen LogP contribution < -0.4 is 5.32 Å². The molecule has 1 aromatic carbocycles. The normalized spacial score (nSPS) is 14.3. The summed E-state index contributed by atoms with van der Waals surface area (Å²) in [6.45, 7) is 4.91. The van der Waals surface area contributed by atoms with Gasteiger partial charge in [0.2, 0.25) is 0 Å². The topological polar surface area (TPSA) is 54.5 Å². The molecule has 1 N–H and O–H groups in total. The lowest BCUT2D eigenvalue weighted by Gasteiger charge is -2.25. The second kappa shape index (κ2) is 7.42. The minimum atomic E-state index is -0.440. The average Bonchev–Trinajstić information content (AvgIpc) is 2.91. The molecule has 0 saturated heterocycles. The first kappa shape index (κ1) is 16.4. The summed E-state index contributed by atoms with van der Waals surface area (Å²) in [5.74, 6) is 0. The summed E-state index contributed by atoms with van der Waals surface area (Å²) >= 11 is 4.99. The number of nitrogens with zero attached hydrogens (tertiary/aromatic N) is 2. The first-order valence-corrected chi connectivity index (χ1v) is 9.14. The third-order valence-corrected chi connectivity index (χ3v) is 5.14. The lowest BCUT2D eigenvalue weighted by molar-refractivity contribution is 0.168. The zero-order valence-corrected chi connectivity index (χ0v) is 15.2. The van der Waals surface area contributed by atoms with E-state index in [1.54, 1.807) is 6.92 Å². The lowest BCUT2D eigenvalue weighted by atomic mass is 10.1. The first-order valence-electron chi connectivity index (χ1n) is 7.53.